The SMILES string of the molecule is CC(C)(C)c1ccc(S(=O)(=O)N2CCC(Nc3cc(-c4ccccc4Cl)nc4c(Br)cnn34)CC2)cc1. The molecule has 1 saturated heterocycles. The summed E-state index contributed by atoms with van der Waals surface area (Å²) < 4.78 is 30.7. The number of nitrogens with one attached hydrogen (secondary N) is 1. The third-order valence-electron chi connectivity index (χ3n) is 6.74. The molecule has 37 heavy (non-hydrogen) atoms. The summed E-state index contributed by atoms with van der Waals surface area (Å²) >= 11 is 9.99. The number of piperidine rings is 1. The molecule has 0 amide bonds. The lowest BCUT2D eigenvalue weighted by Gasteiger charge is -2.32. The maximum Gasteiger partial charge on any atom is 0.243 e. The van der Waals surface area contributed by atoms with Gasteiger partial charge in [-0.1, -0.05) is 62.7 Å². The highest BCUT2D eigenvalue weighted by molar-refractivity contribution is 9.10. The van der Waals surface area contributed by atoms with E-state index in [2.05, 4.69) is 47.1 Å². The van der Waals surface area contributed by atoms with Gasteiger partial charge in [0.2, 0.25) is 10.0 Å². The summed E-state index contributed by atoms with van der Waals surface area (Å²) in [6.45, 7) is 7.23. The van der Waals surface area contributed by atoms with Crippen LogP contribution in [-0.2, 0) is 15.4 Å². The fraction of sp³-hybridized carbons (Fsp3) is 0.333. The van der Waals surface area contributed by atoms with Gasteiger partial charge in [0.15, 0.2) is 5.65 Å². The number of fused-ring (bicyclic) bond motifs is 1. The van der Waals surface area contributed by atoms with Crippen LogP contribution in [0.1, 0.15) is 39.2 Å². The molecule has 0 atom stereocenters. The minimum atomic E-state index is -3.54. The molecular weight excluding hydrogens is 574 g/mol. The van der Waals surface area contributed by atoms with Crippen molar-refractivity contribution >= 4 is 49.0 Å². The van der Waals surface area contributed by atoms with E-state index >= 15 is 0 Å². The van der Waals surface area contributed by atoms with Crippen LogP contribution in [0.5, 0.6) is 0 Å². The molecule has 1 aliphatic rings. The Morgan fingerprint density at radius 1 is 1.05 bits per heavy atom. The molecule has 2 aromatic carbocycles. The Bertz CT molecular complexity index is 1540. The van der Waals surface area contributed by atoms with Gasteiger partial charge in [0, 0.05) is 35.8 Å². The minimum absolute atomic E-state index is 0.0272. The number of hydrogen-bond acceptors (Lipinski definition) is 5. The monoisotopic (exact) mass is 601 g/mol. The summed E-state index contributed by atoms with van der Waals surface area (Å²) in [7, 11) is -3.54. The van der Waals surface area contributed by atoms with E-state index in [1.165, 1.54) is 0 Å². The van der Waals surface area contributed by atoms with Crippen LogP contribution in [0.2, 0.25) is 5.02 Å². The molecule has 1 N–H and O–H groups in total. The fourth-order valence-corrected chi connectivity index (χ4v) is 6.62. The van der Waals surface area contributed by atoms with E-state index in [4.69, 9.17) is 16.6 Å². The Balaban J connectivity index is 1.34. The molecule has 0 aliphatic carbocycles. The predicted molar refractivity (Wildman–Crippen MR) is 152 cm³/mol. The Kier molecular flexibility index (Phi) is 7.08. The first kappa shape index (κ1) is 26.2. The third-order valence-corrected chi connectivity index (χ3v) is 9.54. The van der Waals surface area contributed by atoms with Gasteiger partial charge >= 0.3 is 0 Å². The molecule has 1 fully saturated rings. The van der Waals surface area contributed by atoms with Crippen molar-refractivity contribution in [1.82, 2.24) is 18.9 Å². The number of hydrogen-bond donors (Lipinski definition) is 1. The molecule has 0 bridgehead atoms. The molecule has 5 rings (SSSR count). The highest BCUT2D eigenvalue weighted by Gasteiger charge is 2.30. The van der Waals surface area contributed by atoms with Crippen molar-refractivity contribution in [3.05, 3.63) is 75.9 Å². The lowest BCUT2D eigenvalue weighted by molar-refractivity contribution is 0.329. The molecule has 10 heteroatoms. The number of benzene rings is 2. The van der Waals surface area contributed by atoms with Crippen molar-refractivity contribution in [2.45, 2.75) is 50.0 Å². The molecule has 7 nitrogen and oxygen atoms in total. The average Bonchev–Trinajstić information content (AvgIpc) is 3.25. The van der Waals surface area contributed by atoms with Crippen molar-refractivity contribution < 1.29 is 8.42 Å². The summed E-state index contributed by atoms with van der Waals surface area (Å²) in [4.78, 5) is 5.10. The molecule has 2 aromatic heterocycles. The van der Waals surface area contributed by atoms with Gasteiger partial charge in [-0.3, -0.25) is 0 Å². The van der Waals surface area contributed by atoms with E-state index in [1.807, 2.05) is 42.5 Å². The largest absolute Gasteiger partial charge is 0.367 e. The topological polar surface area (TPSA) is 79.6 Å². The van der Waals surface area contributed by atoms with Crippen LogP contribution in [-0.4, -0.2) is 46.5 Å². The molecule has 0 radical (unpaired) electrons. The Labute approximate surface area is 231 Å². The maximum atomic E-state index is 13.3. The van der Waals surface area contributed by atoms with E-state index in [-0.39, 0.29) is 11.5 Å². The summed E-state index contributed by atoms with van der Waals surface area (Å²) in [5, 5.41) is 8.66. The van der Waals surface area contributed by atoms with Crippen molar-refractivity contribution in [1.29, 1.82) is 0 Å². The number of nitrogens with zero attached hydrogens (tertiary/aromatic N) is 4. The normalized spacial score (nSPS) is 15.8. The summed E-state index contributed by atoms with van der Waals surface area (Å²) in [5.74, 6) is 0.782. The van der Waals surface area contributed by atoms with Crippen LogP contribution in [0.3, 0.4) is 0 Å². The molecule has 3 heterocycles. The molecule has 194 valence electrons. The number of aromatic nitrogens is 3. The lowest BCUT2D eigenvalue weighted by atomic mass is 9.87. The average molecular weight is 603 g/mol. The maximum absolute atomic E-state index is 13.3. The van der Waals surface area contributed by atoms with Crippen molar-refractivity contribution in [2.24, 2.45) is 0 Å². The smallest absolute Gasteiger partial charge is 0.243 e. The van der Waals surface area contributed by atoms with Crippen LogP contribution >= 0.6 is 27.5 Å². The highest BCUT2D eigenvalue weighted by atomic mass is 79.9. The first-order valence-corrected chi connectivity index (χ1v) is 14.8. The van der Waals surface area contributed by atoms with Crippen molar-refractivity contribution in [3.8, 4) is 11.3 Å². The van der Waals surface area contributed by atoms with Crippen LogP contribution in [0.4, 0.5) is 5.82 Å². The van der Waals surface area contributed by atoms with Crippen LogP contribution in [0, 0.1) is 0 Å². The summed E-state index contributed by atoms with van der Waals surface area (Å²) in [6, 6.07) is 16.9. The summed E-state index contributed by atoms with van der Waals surface area (Å²) in [5.41, 5.74) is 3.33. The molecule has 0 spiro atoms. The molecule has 0 unspecified atom stereocenters. The van der Waals surface area contributed by atoms with Crippen molar-refractivity contribution in [2.75, 3.05) is 18.4 Å². The number of halogens is 2. The van der Waals surface area contributed by atoms with Gasteiger partial charge < -0.3 is 5.32 Å². The van der Waals surface area contributed by atoms with Crippen LogP contribution in [0.15, 0.2) is 70.2 Å². The third kappa shape index (κ3) is 5.27. The van der Waals surface area contributed by atoms with Gasteiger partial charge in [-0.25, -0.2) is 13.4 Å². The Morgan fingerprint density at radius 2 is 1.73 bits per heavy atom. The second-order valence-electron chi connectivity index (χ2n) is 10.3. The van der Waals surface area contributed by atoms with Crippen LogP contribution in [0.25, 0.3) is 16.9 Å². The molecule has 1 aliphatic heterocycles. The zero-order valence-corrected chi connectivity index (χ0v) is 24.1. The van der Waals surface area contributed by atoms with Gasteiger partial charge in [0.1, 0.15) is 5.82 Å². The Morgan fingerprint density at radius 3 is 2.38 bits per heavy atom. The summed E-state index contributed by atoms with van der Waals surface area (Å²) in [6.07, 6.45) is 3.06. The fourth-order valence-electron chi connectivity index (χ4n) is 4.57. The predicted octanol–water partition coefficient (Wildman–Crippen LogP) is 6.37. The van der Waals surface area contributed by atoms with Gasteiger partial charge in [-0.2, -0.15) is 13.9 Å². The van der Waals surface area contributed by atoms with E-state index in [9.17, 15) is 8.42 Å². The first-order valence-electron chi connectivity index (χ1n) is 12.2. The molecule has 4 aromatic rings. The van der Waals surface area contributed by atoms with Crippen LogP contribution < -0.4 is 5.32 Å². The van der Waals surface area contributed by atoms with E-state index in [0.29, 0.717) is 41.5 Å². The van der Waals surface area contributed by atoms with Gasteiger partial charge in [-0.05, 0) is 57.9 Å². The zero-order chi connectivity index (χ0) is 26.4. The van der Waals surface area contributed by atoms with Gasteiger partial charge in [-0.15, -0.1) is 0 Å². The second kappa shape index (κ2) is 10.0. The van der Waals surface area contributed by atoms with Crippen molar-refractivity contribution in [3.63, 3.8) is 0 Å². The first-order chi connectivity index (χ1) is 17.5. The van der Waals surface area contributed by atoms with E-state index in [0.717, 1.165) is 27.1 Å². The second-order valence-corrected chi connectivity index (χ2v) is 13.5. The standard InChI is InChI=1S/C27H29BrClN5O2S/c1-27(2,3)18-8-10-20(11-9-18)37(35,36)33-14-12-19(13-15-33)31-25-16-24(21-6-4-5-7-23(21)29)32-26-22(28)17-30-34(25)26/h4-11,16-17,19,31H,12-15H2,1-3H3. The quantitative estimate of drug-likeness (QED) is 0.287. The minimum Gasteiger partial charge on any atom is -0.367 e. The molecule has 0 saturated carbocycles. The van der Waals surface area contributed by atoms with Gasteiger partial charge in [0.25, 0.3) is 0 Å². The Hall–Kier alpha value is -2.46. The van der Waals surface area contributed by atoms with Gasteiger partial charge in [0.05, 0.1) is 21.3 Å². The number of anilines is 1. The van der Waals surface area contributed by atoms with E-state index in [1.54, 1.807) is 27.2 Å². The number of rotatable bonds is 5. The lowest BCUT2D eigenvalue weighted by Crippen LogP contribution is -2.42. The molecular formula is C27H29BrClN5O2S. The highest BCUT2D eigenvalue weighted by Crippen LogP contribution is 2.32. The van der Waals surface area contributed by atoms with E-state index < -0.39 is 10.0 Å². The number of sulfonamides is 1. The zero-order valence-electron chi connectivity index (χ0n) is 20.9.